The van der Waals surface area contributed by atoms with Gasteiger partial charge in [-0.25, -0.2) is 8.42 Å². The van der Waals surface area contributed by atoms with Crippen molar-refractivity contribution in [3.8, 4) is 0 Å². The van der Waals surface area contributed by atoms with Gasteiger partial charge in [0.25, 0.3) is 5.69 Å². The molecule has 1 aromatic rings. The maximum Gasteiger partial charge on any atom is 0.269 e. The molecule has 0 amide bonds. The fraction of sp³-hybridized carbons (Fsp3) is 0.500. The lowest BCUT2D eigenvalue weighted by Gasteiger charge is -2.33. The van der Waals surface area contributed by atoms with Crippen LogP contribution in [0.1, 0.15) is 19.3 Å². The fourth-order valence-electron chi connectivity index (χ4n) is 2.40. The number of piperidine rings is 1. The summed E-state index contributed by atoms with van der Waals surface area (Å²) in [7, 11) is -3.64. The number of nitro groups is 1. The van der Waals surface area contributed by atoms with Gasteiger partial charge < -0.3 is 5.73 Å². The van der Waals surface area contributed by atoms with Gasteiger partial charge in [0.1, 0.15) is 0 Å². The minimum absolute atomic E-state index is 0.0726. The molecule has 1 aromatic carbocycles. The Hall–Kier alpha value is -1.51. The first-order chi connectivity index (χ1) is 9.46. The Bertz CT molecular complexity index is 585. The Morgan fingerprint density at radius 1 is 1.30 bits per heavy atom. The fourth-order valence-corrected chi connectivity index (χ4v) is 4.11. The molecule has 7 nitrogen and oxygen atoms in total. The highest BCUT2D eigenvalue weighted by Gasteiger charge is 2.32. The predicted octanol–water partition coefficient (Wildman–Crippen LogP) is 1.10. The van der Waals surface area contributed by atoms with E-state index in [1.165, 1.54) is 28.6 Å². The Morgan fingerprint density at radius 3 is 2.50 bits per heavy atom. The molecule has 1 aliphatic rings. The molecule has 110 valence electrons. The van der Waals surface area contributed by atoms with Crippen LogP contribution in [-0.4, -0.2) is 36.8 Å². The normalized spacial score (nSPS) is 20.8. The van der Waals surface area contributed by atoms with E-state index in [2.05, 4.69) is 0 Å². The molecule has 8 heteroatoms. The molecule has 0 aliphatic carbocycles. The minimum atomic E-state index is -3.64. The summed E-state index contributed by atoms with van der Waals surface area (Å²) in [5.41, 5.74) is 5.51. The topological polar surface area (TPSA) is 107 Å². The highest BCUT2D eigenvalue weighted by molar-refractivity contribution is 7.89. The van der Waals surface area contributed by atoms with Crippen LogP contribution in [0.15, 0.2) is 29.2 Å². The van der Waals surface area contributed by atoms with Crippen molar-refractivity contribution in [2.75, 3.05) is 13.1 Å². The Morgan fingerprint density at radius 2 is 1.95 bits per heavy atom. The number of nitro benzene ring substituents is 1. The Kier molecular flexibility index (Phi) is 4.36. The highest BCUT2D eigenvalue weighted by Crippen LogP contribution is 2.26. The zero-order valence-corrected chi connectivity index (χ0v) is 11.8. The maximum atomic E-state index is 12.5. The van der Waals surface area contributed by atoms with Crippen molar-refractivity contribution in [1.82, 2.24) is 4.31 Å². The number of hydrogen-bond acceptors (Lipinski definition) is 5. The largest absolute Gasteiger partial charge is 0.329 e. The number of benzene rings is 1. The average molecular weight is 299 g/mol. The maximum absolute atomic E-state index is 12.5. The summed E-state index contributed by atoms with van der Waals surface area (Å²) in [5.74, 6) is 0. The van der Waals surface area contributed by atoms with Gasteiger partial charge >= 0.3 is 0 Å². The minimum Gasteiger partial charge on any atom is -0.329 e. The molecule has 2 N–H and O–H groups in total. The number of rotatable bonds is 4. The second kappa shape index (κ2) is 5.86. The summed E-state index contributed by atoms with van der Waals surface area (Å²) in [6.07, 6.45) is 2.53. The molecule has 1 atom stereocenters. The summed E-state index contributed by atoms with van der Waals surface area (Å²) in [4.78, 5) is 10.1. The van der Waals surface area contributed by atoms with E-state index in [1.807, 2.05) is 0 Å². The zero-order chi connectivity index (χ0) is 14.8. The molecule has 0 spiro atoms. The van der Waals surface area contributed by atoms with Crippen molar-refractivity contribution in [3.63, 3.8) is 0 Å². The molecule has 0 unspecified atom stereocenters. The second-order valence-corrected chi connectivity index (χ2v) is 6.64. The smallest absolute Gasteiger partial charge is 0.269 e. The molecule has 1 saturated heterocycles. The van der Waals surface area contributed by atoms with Crippen molar-refractivity contribution in [1.29, 1.82) is 0 Å². The summed E-state index contributed by atoms with van der Waals surface area (Å²) in [5, 5.41) is 10.6. The van der Waals surface area contributed by atoms with E-state index < -0.39 is 14.9 Å². The van der Waals surface area contributed by atoms with E-state index >= 15 is 0 Å². The number of hydrogen-bond donors (Lipinski definition) is 1. The molecule has 0 radical (unpaired) electrons. The highest BCUT2D eigenvalue weighted by atomic mass is 32.2. The summed E-state index contributed by atoms with van der Waals surface area (Å²) in [6.45, 7) is 0.730. The third kappa shape index (κ3) is 2.82. The van der Waals surface area contributed by atoms with Crippen molar-refractivity contribution < 1.29 is 13.3 Å². The third-order valence-corrected chi connectivity index (χ3v) is 5.47. The molecular weight excluding hydrogens is 282 g/mol. The number of non-ortho nitro benzene ring substituents is 1. The van der Waals surface area contributed by atoms with Crippen LogP contribution in [0.5, 0.6) is 0 Å². The molecule has 0 saturated carbocycles. The first kappa shape index (κ1) is 14.9. The van der Waals surface area contributed by atoms with E-state index in [-0.39, 0.29) is 23.2 Å². The van der Waals surface area contributed by atoms with Crippen LogP contribution in [0, 0.1) is 10.1 Å². The second-order valence-electron chi connectivity index (χ2n) is 4.75. The number of sulfonamides is 1. The molecule has 0 bridgehead atoms. The molecule has 1 aliphatic heterocycles. The van der Waals surface area contributed by atoms with Crippen molar-refractivity contribution in [2.45, 2.75) is 30.2 Å². The van der Waals surface area contributed by atoms with Crippen molar-refractivity contribution in [3.05, 3.63) is 34.4 Å². The van der Waals surface area contributed by atoms with Crippen LogP contribution >= 0.6 is 0 Å². The molecule has 20 heavy (non-hydrogen) atoms. The molecule has 1 fully saturated rings. The molecule has 1 heterocycles. The monoisotopic (exact) mass is 299 g/mol. The standard InChI is InChI=1S/C12H17N3O4S/c13-9-11-3-1-2-8-14(11)20(18,19)12-6-4-10(5-7-12)15(16)17/h4-7,11H,1-3,8-9,13H2/t11-/m1/s1. The lowest BCUT2D eigenvalue weighted by atomic mass is 10.1. The van der Waals surface area contributed by atoms with Gasteiger partial charge in [-0.1, -0.05) is 6.42 Å². The van der Waals surface area contributed by atoms with Crippen LogP contribution in [0.25, 0.3) is 0 Å². The lowest BCUT2D eigenvalue weighted by molar-refractivity contribution is -0.384. The van der Waals surface area contributed by atoms with E-state index in [0.717, 1.165) is 19.3 Å². The predicted molar refractivity (Wildman–Crippen MR) is 73.7 cm³/mol. The van der Waals surface area contributed by atoms with Gasteiger partial charge in [0.15, 0.2) is 0 Å². The van der Waals surface area contributed by atoms with Gasteiger partial charge in [-0.2, -0.15) is 4.31 Å². The summed E-state index contributed by atoms with van der Waals surface area (Å²) >= 11 is 0. The molecule has 2 rings (SSSR count). The Balaban J connectivity index is 2.31. The van der Waals surface area contributed by atoms with E-state index in [4.69, 9.17) is 5.73 Å². The zero-order valence-electron chi connectivity index (χ0n) is 10.9. The summed E-state index contributed by atoms with van der Waals surface area (Å²) < 4.78 is 26.5. The van der Waals surface area contributed by atoms with Gasteiger partial charge in [-0.3, -0.25) is 10.1 Å². The van der Waals surface area contributed by atoms with E-state index in [0.29, 0.717) is 6.54 Å². The first-order valence-corrected chi connectivity index (χ1v) is 7.87. The number of nitrogens with two attached hydrogens (primary N) is 1. The summed E-state index contributed by atoms with van der Waals surface area (Å²) in [6, 6.07) is 4.76. The van der Waals surface area contributed by atoms with Gasteiger partial charge in [0, 0.05) is 31.3 Å². The molecule has 0 aromatic heterocycles. The quantitative estimate of drug-likeness (QED) is 0.661. The average Bonchev–Trinajstić information content (AvgIpc) is 2.47. The lowest BCUT2D eigenvalue weighted by Crippen LogP contribution is -2.47. The number of nitrogens with zero attached hydrogens (tertiary/aromatic N) is 2. The van der Waals surface area contributed by atoms with Gasteiger partial charge in [0.05, 0.1) is 9.82 Å². The Labute approximate surface area is 117 Å². The third-order valence-electron chi connectivity index (χ3n) is 3.50. The first-order valence-electron chi connectivity index (χ1n) is 6.43. The van der Waals surface area contributed by atoms with Crippen LogP contribution in [0.4, 0.5) is 5.69 Å². The van der Waals surface area contributed by atoms with Crippen molar-refractivity contribution >= 4 is 15.7 Å². The molecular formula is C12H17N3O4S. The van der Waals surface area contributed by atoms with E-state index in [9.17, 15) is 18.5 Å². The van der Waals surface area contributed by atoms with Crippen LogP contribution in [0.3, 0.4) is 0 Å². The van der Waals surface area contributed by atoms with Gasteiger partial charge in [-0.15, -0.1) is 0 Å². The van der Waals surface area contributed by atoms with Gasteiger partial charge in [-0.05, 0) is 25.0 Å². The SMILES string of the molecule is NC[C@H]1CCCCN1S(=O)(=O)c1ccc([N+](=O)[O-])cc1. The van der Waals surface area contributed by atoms with Crippen LogP contribution in [0.2, 0.25) is 0 Å². The van der Waals surface area contributed by atoms with Crippen LogP contribution < -0.4 is 5.73 Å². The van der Waals surface area contributed by atoms with Gasteiger partial charge in [0.2, 0.25) is 10.0 Å². The van der Waals surface area contributed by atoms with Crippen molar-refractivity contribution in [2.24, 2.45) is 5.73 Å². The van der Waals surface area contributed by atoms with E-state index in [1.54, 1.807) is 0 Å². The van der Waals surface area contributed by atoms with Crippen LogP contribution in [-0.2, 0) is 10.0 Å².